The van der Waals surface area contributed by atoms with Crippen molar-refractivity contribution in [2.45, 2.75) is 40.0 Å². The Morgan fingerprint density at radius 1 is 1.35 bits per heavy atom. The van der Waals surface area contributed by atoms with Crippen molar-refractivity contribution in [3.63, 3.8) is 0 Å². The third-order valence-electron chi connectivity index (χ3n) is 2.82. The van der Waals surface area contributed by atoms with Gasteiger partial charge in [0, 0.05) is 12.8 Å². The van der Waals surface area contributed by atoms with Gasteiger partial charge in [0.05, 0.1) is 6.61 Å². The summed E-state index contributed by atoms with van der Waals surface area (Å²) in [5, 5.41) is 2.64. The number of carbonyl (C=O) groups is 2. The fourth-order valence-electron chi connectivity index (χ4n) is 2.06. The Morgan fingerprint density at radius 3 is 2.55 bits per heavy atom. The van der Waals surface area contributed by atoms with Gasteiger partial charge >= 0.3 is 5.97 Å². The average molecular weight is 282 g/mol. The number of allylic oxidation sites excluding steroid dienone is 2. The molecule has 0 spiro atoms. The smallest absolute Gasteiger partial charge is 0.333 e. The molecule has 0 saturated carbocycles. The molecule has 112 valence electrons. The van der Waals surface area contributed by atoms with Crippen molar-refractivity contribution in [2.24, 2.45) is 0 Å². The van der Waals surface area contributed by atoms with Crippen molar-refractivity contribution in [3.8, 4) is 0 Å². The highest BCUT2D eigenvalue weighted by Gasteiger charge is 2.42. The molecule has 20 heavy (non-hydrogen) atoms. The van der Waals surface area contributed by atoms with Crippen LogP contribution in [-0.4, -0.2) is 42.3 Å². The fourth-order valence-corrected chi connectivity index (χ4v) is 2.06. The monoisotopic (exact) mass is 282 g/mol. The normalized spacial score (nSPS) is 25.1. The first kappa shape index (κ1) is 16.2. The summed E-state index contributed by atoms with van der Waals surface area (Å²) in [6.45, 7) is 7.83. The number of ether oxygens (including phenoxy) is 2. The highest BCUT2D eigenvalue weighted by molar-refractivity contribution is 5.97. The van der Waals surface area contributed by atoms with Gasteiger partial charge in [-0.1, -0.05) is 12.2 Å². The summed E-state index contributed by atoms with van der Waals surface area (Å²) in [5.41, 5.74) is 0.446. The van der Waals surface area contributed by atoms with Gasteiger partial charge in [-0.05, 0) is 27.7 Å². The lowest BCUT2D eigenvalue weighted by Gasteiger charge is -2.40. The molecule has 1 aliphatic rings. The van der Waals surface area contributed by atoms with E-state index in [2.05, 4.69) is 5.32 Å². The van der Waals surface area contributed by atoms with Crippen LogP contribution in [0.5, 0.6) is 0 Å². The number of carbonyl (C=O) groups excluding carboxylic acids is 2. The van der Waals surface area contributed by atoms with E-state index in [0.717, 1.165) is 0 Å². The summed E-state index contributed by atoms with van der Waals surface area (Å²) >= 11 is 0. The average Bonchev–Trinajstić information content (AvgIpc) is 2.42. The molecule has 6 heteroatoms. The Morgan fingerprint density at radius 2 is 2.05 bits per heavy atom. The van der Waals surface area contributed by atoms with Crippen molar-refractivity contribution < 1.29 is 19.1 Å². The number of nitrogens with one attached hydrogen (secondary N) is 1. The molecular formula is C14H22N2O4. The molecule has 1 amide bonds. The number of nitrogens with zero attached hydrogens (tertiary/aromatic N) is 1. The lowest BCUT2D eigenvalue weighted by molar-refractivity contribution is -0.160. The van der Waals surface area contributed by atoms with Crippen LogP contribution in [0.3, 0.4) is 0 Å². The van der Waals surface area contributed by atoms with E-state index in [1.807, 2.05) is 13.8 Å². The van der Waals surface area contributed by atoms with Gasteiger partial charge in [0.15, 0.2) is 12.3 Å². The molecule has 0 bridgehead atoms. The Bertz CT molecular complexity index is 417. The zero-order valence-corrected chi connectivity index (χ0v) is 12.4. The molecule has 1 aliphatic heterocycles. The van der Waals surface area contributed by atoms with E-state index in [1.165, 1.54) is 0 Å². The standard InChI is InChI=1S/C14H22N2O4/c1-5-9-16-10(6-2)12(17)15-11(13(16)19-7-3)14(18)20-8-4/h5-6,9,11,13H,7-8H2,1-4H3,(H,15,17)/b9-5-,10-6-. The Balaban J connectivity index is 3.12. The maximum absolute atomic E-state index is 12.1. The molecule has 2 atom stereocenters. The molecule has 0 aromatic heterocycles. The molecule has 1 rings (SSSR count). The molecular weight excluding hydrogens is 260 g/mol. The molecule has 1 N–H and O–H groups in total. The minimum absolute atomic E-state index is 0.254. The van der Waals surface area contributed by atoms with Crippen molar-refractivity contribution in [1.29, 1.82) is 0 Å². The first-order chi connectivity index (χ1) is 9.60. The van der Waals surface area contributed by atoms with Crippen LogP contribution in [0.2, 0.25) is 0 Å². The molecule has 0 aromatic rings. The first-order valence-electron chi connectivity index (χ1n) is 6.77. The third-order valence-corrected chi connectivity index (χ3v) is 2.82. The highest BCUT2D eigenvalue weighted by Crippen LogP contribution is 2.21. The van der Waals surface area contributed by atoms with Crippen LogP contribution in [0.25, 0.3) is 0 Å². The highest BCUT2D eigenvalue weighted by atomic mass is 16.5. The van der Waals surface area contributed by atoms with E-state index >= 15 is 0 Å². The zero-order chi connectivity index (χ0) is 15.1. The second kappa shape index (κ2) is 7.69. The van der Waals surface area contributed by atoms with Gasteiger partial charge in [-0.25, -0.2) is 4.79 Å². The van der Waals surface area contributed by atoms with Crippen LogP contribution in [0.4, 0.5) is 0 Å². The largest absolute Gasteiger partial charge is 0.464 e. The van der Waals surface area contributed by atoms with Crippen molar-refractivity contribution >= 4 is 11.9 Å². The summed E-state index contributed by atoms with van der Waals surface area (Å²) in [7, 11) is 0. The van der Waals surface area contributed by atoms with E-state index in [9.17, 15) is 9.59 Å². The predicted molar refractivity (Wildman–Crippen MR) is 74.4 cm³/mol. The number of rotatable bonds is 5. The Hall–Kier alpha value is -1.82. The van der Waals surface area contributed by atoms with Crippen molar-refractivity contribution in [2.75, 3.05) is 13.2 Å². The minimum Gasteiger partial charge on any atom is -0.464 e. The predicted octanol–water partition coefficient (Wildman–Crippen LogP) is 1.15. The van der Waals surface area contributed by atoms with E-state index in [0.29, 0.717) is 12.3 Å². The third kappa shape index (κ3) is 3.39. The van der Waals surface area contributed by atoms with E-state index in [-0.39, 0.29) is 12.5 Å². The van der Waals surface area contributed by atoms with Gasteiger partial charge in [0.2, 0.25) is 0 Å². The number of amides is 1. The van der Waals surface area contributed by atoms with Crippen LogP contribution in [-0.2, 0) is 19.1 Å². The number of hydrogen-bond donors (Lipinski definition) is 1. The van der Waals surface area contributed by atoms with Gasteiger partial charge in [-0.15, -0.1) is 0 Å². The van der Waals surface area contributed by atoms with Crippen molar-refractivity contribution in [3.05, 3.63) is 24.0 Å². The van der Waals surface area contributed by atoms with Gasteiger partial charge in [0.1, 0.15) is 5.70 Å². The first-order valence-corrected chi connectivity index (χ1v) is 6.77. The van der Waals surface area contributed by atoms with Gasteiger partial charge in [0.25, 0.3) is 5.91 Å². The van der Waals surface area contributed by atoms with Crippen LogP contribution in [0.1, 0.15) is 27.7 Å². The second-order valence-electron chi connectivity index (χ2n) is 4.11. The van der Waals surface area contributed by atoms with E-state index < -0.39 is 18.2 Å². The van der Waals surface area contributed by atoms with Gasteiger partial charge < -0.3 is 19.7 Å². The molecule has 2 unspecified atom stereocenters. The zero-order valence-electron chi connectivity index (χ0n) is 12.4. The quantitative estimate of drug-likeness (QED) is 0.605. The van der Waals surface area contributed by atoms with Crippen LogP contribution in [0.15, 0.2) is 24.0 Å². The number of esters is 1. The number of piperazine rings is 1. The maximum Gasteiger partial charge on any atom is 0.333 e. The topological polar surface area (TPSA) is 67.9 Å². The van der Waals surface area contributed by atoms with Crippen LogP contribution in [0, 0.1) is 0 Å². The van der Waals surface area contributed by atoms with Crippen molar-refractivity contribution in [1.82, 2.24) is 10.2 Å². The molecule has 0 aliphatic carbocycles. The van der Waals surface area contributed by atoms with Crippen LogP contribution >= 0.6 is 0 Å². The summed E-state index contributed by atoms with van der Waals surface area (Å²) in [6, 6.07) is -0.845. The lowest BCUT2D eigenvalue weighted by Crippen LogP contribution is -2.62. The molecule has 6 nitrogen and oxygen atoms in total. The van der Waals surface area contributed by atoms with Gasteiger partial charge in [-0.2, -0.15) is 0 Å². The lowest BCUT2D eigenvalue weighted by atomic mass is 10.1. The molecule has 1 saturated heterocycles. The Kier molecular flexibility index (Phi) is 6.24. The molecule has 1 heterocycles. The molecule has 0 radical (unpaired) electrons. The minimum atomic E-state index is -0.845. The molecule has 0 aromatic carbocycles. The number of hydrogen-bond acceptors (Lipinski definition) is 5. The summed E-state index contributed by atoms with van der Waals surface area (Å²) < 4.78 is 10.6. The SMILES string of the molecule is C/C=C\N1/C(=C\C)C(=O)NC(C(=O)OCC)C1OCC. The summed E-state index contributed by atoms with van der Waals surface area (Å²) in [5.74, 6) is -0.816. The summed E-state index contributed by atoms with van der Waals surface area (Å²) in [6.07, 6.45) is 4.58. The second-order valence-corrected chi connectivity index (χ2v) is 4.11. The van der Waals surface area contributed by atoms with Gasteiger partial charge in [-0.3, -0.25) is 4.79 Å². The van der Waals surface area contributed by atoms with E-state index in [4.69, 9.17) is 9.47 Å². The summed E-state index contributed by atoms with van der Waals surface area (Å²) in [4.78, 5) is 25.7. The maximum atomic E-state index is 12.1. The fraction of sp³-hybridized carbons (Fsp3) is 0.571. The van der Waals surface area contributed by atoms with E-state index in [1.54, 1.807) is 37.1 Å². The van der Waals surface area contributed by atoms with Crippen LogP contribution < -0.4 is 5.32 Å². The molecule has 1 fully saturated rings. The Labute approximate surface area is 119 Å².